The van der Waals surface area contributed by atoms with Crippen molar-refractivity contribution >= 4 is 11.8 Å². The second-order valence-electron chi connectivity index (χ2n) is 7.81. The summed E-state index contributed by atoms with van der Waals surface area (Å²) in [4.78, 5) is 28.0. The van der Waals surface area contributed by atoms with Crippen molar-refractivity contribution in [3.05, 3.63) is 0 Å². The van der Waals surface area contributed by atoms with Gasteiger partial charge >= 0.3 is 0 Å². The van der Waals surface area contributed by atoms with E-state index in [0.29, 0.717) is 24.8 Å². The second kappa shape index (κ2) is 7.28. The number of rotatable bonds is 6. The van der Waals surface area contributed by atoms with Gasteiger partial charge in [-0.3, -0.25) is 9.59 Å². The molecule has 1 saturated heterocycles. The Morgan fingerprint density at radius 2 is 1.90 bits per heavy atom. The van der Waals surface area contributed by atoms with Gasteiger partial charge in [0.15, 0.2) is 0 Å². The normalized spacial score (nSPS) is 19.2. The first kappa shape index (κ1) is 18.0. The van der Waals surface area contributed by atoms with E-state index in [1.165, 1.54) is 0 Å². The maximum Gasteiger partial charge on any atom is 0.223 e. The van der Waals surface area contributed by atoms with E-state index in [4.69, 9.17) is 0 Å². The number of likely N-dealkylation sites (tertiary alicyclic amines) is 1. The van der Waals surface area contributed by atoms with E-state index in [0.717, 1.165) is 25.8 Å². The van der Waals surface area contributed by atoms with Crippen LogP contribution in [0.5, 0.6) is 0 Å². The van der Waals surface area contributed by atoms with Gasteiger partial charge < -0.3 is 9.80 Å². The SMILES string of the molecule is CC(C)CC(=O)N1CCCC1CC(C)(C)CC(=O)N(C)C. The molecular formula is C17H32N2O2. The maximum absolute atomic E-state index is 12.3. The minimum absolute atomic E-state index is 0.0628. The molecule has 1 aliphatic heterocycles. The summed E-state index contributed by atoms with van der Waals surface area (Å²) >= 11 is 0. The lowest BCUT2D eigenvalue weighted by Gasteiger charge is -2.33. The first-order valence-electron chi connectivity index (χ1n) is 8.12. The lowest BCUT2D eigenvalue weighted by molar-refractivity contribution is -0.133. The quantitative estimate of drug-likeness (QED) is 0.756. The molecule has 21 heavy (non-hydrogen) atoms. The van der Waals surface area contributed by atoms with Gasteiger partial charge in [0, 0.05) is 39.5 Å². The molecule has 1 atom stereocenters. The summed E-state index contributed by atoms with van der Waals surface area (Å²) in [5.41, 5.74) is -0.0628. The van der Waals surface area contributed by atoms with Crippen molar-refractivity contribution < 1.29 is 9.59 Å². The molecule has 0 saturated carbocycles. The molecule has 0 aromatic heterocycles. The summed E-state index contributed by atoms with van der Waals surface area (Å²) < 4.78 is 0. The zero-order valence-electron chi connectivity index (χ0n) is 14.6. The topological polar surface area (TPSA) is 40.6 Å². The number of carbonyl (C=O) groups excluding carboxylic acids is 2. The van der Waals surface area contributed by atoms with E-state index in [1.54, 1.807) is 19.0 Å². The van der Waals surface area contributed by atoms with Gasteiger partial charge in [0.2, 0.25) is 11.8 Å². The Kier molecular flexibility index (Phi) is 6.24. The molecule has 0 aliphatic carbocycles. The summed E-state index contributed by atoms with van der Waals surface area (Å²) in [6.45, 7) is 9.33. The third-order valence-electron chi connectivity index (χ3n) is 4.20. The molecule has 0 spiro atoms. The van der Waals surface area contributed by atoms with Crippen molar-refractivity contribution in [3.63, 3.8) is 0 Å². The fourth-order valence-corrected chi connectivity index (χ4v) is 3.12. The largest absolute Gasteiger partial charge is 0.349 e. The zero-order chi connectivity index (χ0) is 16.2. The minimum atomic E-state index is -0.0628. The number of carbonyl (C=O) groups is 2. The van der Waals surface area contributed by atoms with Gasteiger partial charge in [-0.1, -0.05) is 27.7 Å². The Morgan fingerprint density at radius 1 is 1.29 bits per heavy atom. The van der Waals surface area contributed by atoms with Gasteiger partial charge in [-0.25, -0.2) is 0 Å². The van der Waals surface area contributed by atoms with Crippen LogP contribution in [0.15, 0.2) is 0 Å². The Hall–Kier alpha value is -1.06. The number of amides is 2. The molecule has 1 fully saturated rings. The maximum atomic E-state index is 12.3. The molecule has 122 valence electrons. The van der Waals surface area contributed by atoms with E-state index in [9.17, 15) is 9.59 Å². The number of hydrogen-bond acceptors (Lipinski definition) is 2. The predicted octanol–water partition coefficient (Wildman–Crippen LogP) is 2.92. The van der Waals surface area contributed by atoms with Crippen LogP contribution in [0.1, 0.15) is 59.8 Å². The predicted molar refractivity (Wildman–Crippen MR) is 85.9 cm³/mol. The van der Waals surface area contributed by atoms with Crippen LogP contribution in [0.3, 0.4) is 0 Å². The Morgan fingerprint density at radius 3 is 2.43 bits per heavy atom. The highest BCUT2D eigenvalue weighted by Gasteiger charge is 2.34. The van der Waals surface area contributed by atoms with Crippen molar-refractivity contribution in [3.8, 4) is 0 Å². The van der Waals surface area contributed by atoms with Crippen LogP contribution >= 0.6 is 0 Å². The van der Waals surface area contributed by atoms with Crippen LogP contribution in [0.25, 0.3) is 0 Å². The number of hydrogen-bond donors (Lipinski definition) is 0. The van der Waals surface area contributed by atoms with Crippen LogP contribution in [0.4, 0.5) is 0 Å². The standard InChI is InChI=1S/C17H32N2O2/c1-13(2)10-15(20)19-9-7-8-14(19)11-17(3,4)12-16(21)18(5)6/h13-14H,7-12H2,1-6H3. The summed E-state index contributed by atoms with van der Waals surface area (Å²) in [6.07, 6.45) is 4.25. The average molecular weight is 296 g/mol. The molecule has 0 N–H and O–H groups in total. The Balaban J connectivity index is 2.63. The Labute approximate surface area is 129 Å². The first-order chi connectivity index (χ1) is 9.62. The third kappa shape index (κ3) is 5.68. The molecule has 0 aromatic carbocycles. The van der Waals surface area contributed by atoms with Crippen LogP contribution in [-0.2, 0) is 9.59 Å². The second-order valence-corrected chi connectivity index (χ2v) is 7.81. The summed E-state index contributed by atoms with van der Waals surface area (Å²) in [6, 6.07) is 0.307. The molecule has 0 radical (unpaired) electrons. The number of nitrogens with zero attached hydrogens (tertiary/aromatic N) is 2. The van der Waals surface area contributed by atoms with E-state index < -0.39 is 0 Å². The van der Waals surface area contributed by atoms with Gasteiger partial charge in [0.25, 0.3) is 0 Å². The van der Waals surface area contributed by atoms with Gasteiger partial charge in [-0.15, -0.1) is 0 Å². The summed E-state index contributed by atoms with van der Waals surface area (Å²) in [5.74, 6) is 0.849. The van der Waals surface area contributed by atoms with E-state index in [1.807, 2.05) is 0 Å². The van der Waals surface area contributed by atoms with Crippen LogP contribution in [0, 0.1) is 11.3 Å². The molecule has 0 bridgehead atoms. The molecule has 1 heterocycles. The lowest BCUT2D eigenvalue weighted by atomic mass is 9.81. The van der Waals surface area contributed by atoms with E-state index in [2.05, 4.69) is 32.6 Å². The molecule has 1 unspecified atom stereocenters. The van der Waals surface area contributed by atoms with Gasteiger partial charge in [-0.2, -0.15) is 0 Å². The molecule has 2 amide bonds. The van der Waals surface area contributed by atoms with Crippen molar-refractivity contribution in [2.75, 3.05) is 20.6 Å². The van der Waals surface area contributed by atoms with Crippen molar-refractivity contribution in [1.29, 1.82) is 0 Å². The van der Waals surface area contributed by atoms with Crippen LogP contribution < -0.4 is 0 Å². The monoisotopic (exact) mass is 296 g/mol. The van der Waals surface area contributed by atoms with Gasteiger partial charge in [0.05, 0.1) is 0 Å². The van der Waals surface area contributed by atoms with Gasteiger partial charge in [-0.05, 0) is 30.6 Å². The minimum Gasteiger partial charge on any atom is -0.349 e. The molecule has 1 aliphatic rings. The van der Waals surface area contributed by atoms with Crippen molar-refractivity contribution in [1.82, 2.24) is 9.80 Å². The fraction of sp³-hybridized carbons (Fsp3) is 0.882. The fourth-order valence-electron chi connectivity index (χ4n) is 3.12. The van der Waals surface area contributed by atoms with Crippen molar-refractivity contribution in [2.24, 2.45) is 11.3 Å². The zero-order valence-corrected chi connectivity index (χ0v) is 14.6. The van der Waals surface area contributed by atoms with E-state index in [-0.39, 0.29) is 17.2 Å². The van der Waals surface area contributed by atoms with E-state index >= 15 is 0 Å². The molecule has 0 aromatic rings. The Bertz CT molecular complexity index is 375. The molecule has 4 heteroatoms. The highest BCUT2D eigenvalue weighted by atomic mass is 16.2. The average Bonchev–Trinajstić information content (AvgIpc) is 2.74. The van der Waals surface area contributed by atoms with Crippen LogP contribution in [-0.4, -0.2) is 48.3 Å². The summed E-state index contributed by atoms with van der Waals surface area (Å²) in [7, 11) is 3.60. The van der Waals surface area contributed by atoms with Crippen molar-refractivity contribution in [2.45, 2.75) is 65.8 Å². The smallest absolute Gasteiger partial charge is 0.223 e. The molecule has 1 rings (SSSR count). The highest BCUT2D eigenvalue weighted by Crippen LogP contribution is 2.33. The lowest BCUT2D eigenvalue weighted by Crippen LogP contribution is -2.39. The third-order valence-corrected chi connectivity index (χ3v) is 4.20. The summed E-state index contributed by atoms with van der Waals surface area (Å²) in [5, 5.41) is 0. The molecular weight excluding hydrogens is 264 g/mol. The molecule has 4 nitrogen and oxygen atoms in total. The first-order valence-corrected chi connectivity index (χ1v) is 8.12. The van der Waals surface area contributed by atoms with Crippen LogP contribution in [0.2, 0.25) is 0 Å². The van der Waals surface area contributed by atoms with Gasteiger partial charge in [0.1, 0.15) is 0 Å². The highest BCUT2D eigenvalue weighted by molar-refractivity contribution is 5.77.